The summed E-state index contributed by atoms with van der Waals surface area (Å²) in [5.41, 5.74) is 0.797. The Morgan fingerprint density at radius 1 is 1.10 bits per heavy atom. The van der Waals surface area contributed by atoms with E-state index in [1.807, 2.05) is 24.1 Å². The molecule has 0 radical (unpaired) electrons. The number of benzene rings is 1. The average molecular weight is 274 g/mol. The molecule has 1 aromatic carbocycles. The van der Waals surface area contributed by atoms with Gasteiger partial charge >= 0.3 is 0 Å². The first-order valence-corrected chi connectivity index (χ1v) is 6.24. The van der Waals surface area contributed by atoms with Crippen LogP contribution in [0.5, 0.6) is 0 Å². The number of hydrogen-bond donors (Lipinski definition) is 1. The van der Waals surface area contributed by atoms with Gasteiger partial charge in [0.15, 0.2) is 12.4 Å². The SMILES string of the molecule is N#CC(=C=N)/C=C(\C(=O)c1ccccc1)[n+]1ccccc1. The van der Waals surface area contributed by atoms with Crippen molar-refractivity contribution in [1.82, 2.24) is 0 Å². The summed E-state index contributed by atoms with van der Waals surface area (Å²) in [7, 11) is 0. The minimum atomic E-state index is -0.227. The number of nitrogens with one attached hydrogen (secondary N) is 1. The molecule has 0 amide bonds. The number of Topliss-reactive ketones (excluding diaryl/α,β-unsaturated/α-hetero) is 1. The van der Waals surface area contributed by atoms with Crippen molar-refractivity contribution in [1.29, 1.82) is 10.7 Å². The number of nitrogens with zero attached hydrogens (tertiary/aromatic N) is 2. The largest absolute Gasteiger partial charge is 0.282 e. The lowest BCUT2D eigenvalue weighted by molar-refractivity contribution is -0.576. The van der Waals surface area contributed by atoms with Crippen molar-refractivity contribution in [3.63, 3.8) is 0 Å². The first kappa shape index (κ1) is 14.1. The Kier molecular flexibility index (Phi) is 4.55. The van der Waals surface area contributed by atoms with Gasteiger partial charge in [0, 0.05) is 23.8 Å². The number of aromatic nitrogens is 1. The van der Waals surface area contributed by atoms with Gasteiger partial charge in [-0.25, -0.2) is 0 Å². The van der Waals surface area contributed by atoms with Gasteiger partial charge in [0.05, 0.1) is 0 Å². The standard InChI is InChI=1S/C17H12N3O/c18-12-14(13-19)11-16(20-9-5-2-6-10-20)17(21)15-7-3-1-4-8-15/h1-11,18H/q+1/b16-11+. The number of allylic oxidation sites excluding steroid dienone is 3. The molecule has 1 aromatic heterocycles. The zero-order valence-electron chi connectivity index (χ0n) is 11.2. The normalized spacial score (nSPS) is 10.3. The number of carbonyl (C=O) groups is 1. The van der Waals surface area contributed by atoms with Crippen LogP contribution in [0.2, 0.25) is 0 Å². The number of hydrogen-bond acceptors (Lipinski definition) is 3. The number of pyridine rings is 1. The molecule has 100 valence electrons. The molecule has 0 saturated carbocycles. The van der Waals surface area contributed by atoms with Gasteiger partial charge in [0.2, 0.25) is 0 Å². The second-order valence-electron chi connectivity index (χ2n) is 4.16. The van der Waals surface area contributed by atoms with Gasteiger partial charge in [-0.05, 0) is 5.87 Å². The zero-order valence-corrected chi connectivity index (χ0v) is 11.2. The second kappa shape index (κ2) is 6.76. The first-order valence-electron chi connectivity index (χ1n) is 6.24. The molecule has 21 heavy (non-hydrogen) atoms. The third-order valence-corrected chi connectivity index (χ3v) is 2.80. The van der Waals surface area contributed by atoms with Crippen molar-refractivity contribution >= 4 is 17.4 Å². The molecular weight excluding hydrogens is 262 g/mol. The summed E-state index contributed by atoms with van der Waals surface area (Å²) < 4.78 is 1.62. The van der Waals surface area contributed by atoms with Crippen molar-refractivity contribution in [2.75, 3.05) is 0 Å². The maximum absolute atomic E-state index is 12.6. The van der Waals surface area contributed by atoms with Crippen LogP contribution < -0.4 is 4.57 Å². The van der Waals surface area contributed by atoms with E-state index in [1.54, 1.807) is 53.4 Å². The van der Waals surface area contributed by atoms with Crippen LogP contribution in [-0.2, 0) is 0 Å². The Morgan fingerprint density at radius 3 is 2.29 bits per heavy atom. The molecule has 2 rings (SSSR count). The van der Waals surface area contributed by atoms with Crippen LogP contribution in [0.4, 0.5) is 0 Å². The molecule has 0 aliphatic heterocycles. The molecule has 0 atom stereocenters. The van der Waals surface area contributed by atoms with Crippen LogP contribution in [0, 0.1) is 16.7 Å². The molecule has 0 aliphatic carbocycles. The van der Waals surface area contributed by atoms with Crippen molar-refractivity contribution in [3.8, 4) is 6.07 Å². The molecule has 0 bridgehead atoms. The fourth-order valence-corrected chi connectivity index (χ4v) is 1.79. The smallest absolute Gasteiger partial charge is 0.260 e. The Labute approximate surface area is 122 Å². The highest BCUT2D eigenvalue weighted by Gasteiger charge is 2.21. The lowest BCUT2D eigenvalue weighted by Gasteiger charge is -2.01. The van der Waals surface area contributed by atoms with Crippen molar-refractivity contribution in [2.45, 2.75) is 0 Å². The van der Waals surface area contributed by atoms with Crippen LogP contribution in [0.15, 0.2) is 72.6 Å². The van der Waals surface area contributed by atoms with E-state index in [0.29, 0.717) is 5.56 Å². The Bertz CT molecular complexity index is 765. The summed E-state index contributed by atoms with van der Waals surface area (Å²) in [5.74, 6) is 1.79. The van der Waals surface area contributed by atoms with E-state index in [0.717, 1.165) is 0 Å². The number of nitriles is 1. The van der Waals surface area contributed by atoms with Gasteiger partial charge in [0.25, 0.3) is 11.5 Å². The summed E-state index contributed by atoms with van der Waals surface area (Å²) in [4.78, 5) is 12.6. The zero-order chi connectivity index (χ0) is 15.1. The van der Waals surface area contributed by atoms with Crippen molar-refractivity contribution in [2.24, 2.45) is 0 Å². The fourth-order valence-electron chi connectivity index (χ4n) is 1.79. The topological polar surface area (TPSA) is 68.6 Å². The van der Waals surface area contributed by atoms with E-state index in [-0.39, 0.29) is 17.1 Å². The van der Waals surface area contributed by atoms with Crippen LogP contribution in [0.1, 0.15) is 10.4 Å². The van der Waals surface area contributed by atoms with Gasteiger partial charge in [-0.3, -0.25) is 10.2 Å². The highest BCUT2D eigenvalue weighted by Crippen LogP contribution is 2.10. The van der Waals surface area contributed by atoms with E-state index in [1.165, 1.54) is 6.08 Å². The molecule has 1 N–H and O–H groups in total. The van der Waals surface area contributed by atoms with Crippen molar-refractivity contribution in [3.05, 3.63) is 78.1 Å². The molecule has 0 fully saturated rings. The molecule has 4 nitrogen and oxygen atoms in total. The predicted octanol–water partition coefficient (Wildman–Crippen LogP) is 2.40. The van der Waals surface area contributed by atoms with Gasteiger partial charge < -0.3 is 0 Å². The van der Waals surface area contributed by atoms with E-state index in [9.17, 15) is 4.79 Å². The first-order chi connectivity index (χ1) is 10.3. The summed E-state index contributed by atoms with van der Waals surface area (Å²) in [6, 6.07) is 16.0. The summed E-state index contributed by atoms with van der Waals surface area (Å²) >= 11 is 0. The number of rotatable bonds is 4. The second-order valence-corrected chi connectivity index (χ2v) is 4.16. The monoisotopic (exact) mass is 274 g/mol. The number of ketones is 1. The van der Waals surface area contributed by atoms with E-state index in [4.69, 9.17) is 10.7 Å². The van der Waals surface area contributed by atoms with Crippen LogP contribution in [-0.4, -0.2) is 11.7 Å². The minimum Gasteiger partial charge on any atom is -0.282 e. The van der Waals surface area contributed by atoms with Crippen LogP contribution in [0.25, 0.3) is 5.70 Å². The highest BCUT2D eigenvalue weighted by molar-refractivity contribution is 6.22. The number of carbonyl (C=O) groups excluding carboxylic acids is 1. The van der Waals surface area contributed by atoms with Gasteiger partial charge in [0.1, 0.15) is 11.6 Å². The van der Waals surface area contributed by atoms with E-state index >= 15 is 0 Å². The lowest BCUT2D eigenvalue weighted by Crippen LogP contribution is -2.35. The van der Waals surface area contributed by atoms with Gasteiger partial charge in [-0.1, -0.05) is 36.4 Å². The summed E-state index contributed by atoms with van der Waals surface area (Å²) in [6.45, 7) is 0. The van der Waals surface area contributed by atoms with Crippen molar-refractivity contribution < 1.29 is 9.36 Å². The molecular formula is C17H12N3O+. The average Bonchev–Trinajstić information content (AvgIpc) is 2.57. The molecule has 4 heteroatoms. The highest BCUT2D eigenvalue weighted by atomic mass is 16.1. The summed E-state index contributed by atoms with van der Waals surface area (Å²) in [6.07, 6.45) is 4.79. The summed E-state index contributed by atoms with van der Waals surface area (Å²) in [5, 5.41) is 16.0. The van der Waals surface area contributed by atoms with Crippen LogP contribution in [0.3, 0.4) is 0 Å². The Morgan fingerprint density at radius 2 is 1.71 bits per heavy atom. The Hall–Kier alpha value is -3.28. The molecule has 0 unspecified atom stereocenters. The molecule has 0 spiro atoms. The third kappa shape index (κ3) is 3.38. The predicted molar refractivity (Wildman–Crippen MR) is 78.5 cm³/mol. The van der Waals surface area contributed by atoms with Crippen LogP contribution >= 0.6 is 0 Å². The lowest BCUT2D eigenvalue weighted by atomic mass is 10.1. The molecule has 0 saturated heterocycles. The fraction of sp³-hybridized carbons (Fsp3) is 0. The van der Waals surface area contributed by atoms with E-state index < -0.39 is 0 Å². The molecule has 2 aromatic rings. The van der Waals surface area contributed by atoms with Gasteiger partial charge in [-0.15, -0.1) is 0 Å². The molecule has 0 aliphatic rings. The van der Waals surface area contributed by atoms with E-state index in [2.05, 4.69) is 0 Å². The van der Waals surface area contributed by atoms with Gasteiger partial charge in [-0.2, -0.15) is 9.83 Å². The quantitative estimate of drug-likeness (QED) is 0.232. The maximum Gasteiger partial charge on any atom is 0.260 e. The maximum atomic E-state index is 12.6. The third-order valence-electron chi connectivity index (χ3n) is 2.80. The minimum absolute atomic E-state index is 0.00867. The Balaban J connectivity index is 2.55. The molecule has 1 heterocycles.